The quantitative estimate of drug-likeness (QED) is 0.169. The normalized spacial score (nSPS) is 12.3. The van der Waals surface area contributed by atoms with Gasteiger partial charge in [0, 0.05) is 34.8 Å². The van der Waals surface area contributed by atoms with E-state index in [2.05, 4.69) is 111 Å². The van der Waals surface area contributed by atoms with Crippen LogP contribution in [-0.4, -0.2) is 21.2 Å². The van der Waals surface area contributed by atoms with Gasteiger partial charge >= 0.3 is 0 Å². The zero-order valence-electron chi connectivity index (χ0n) is 29.8. The van der Waals surface area contributed by atoms with Crippen molar-refractivity contribution in [1.82, 2.24) is 14.5 Å². The van der Waals surface area contributed by atoms with Crippen molar-refractivity contribution in [2.24, 2.45) is 0 Å². The van der Waals surface area contributed by atoms with E-state index in [9.17, 15) is 0 Å². The maximum absolute atomic E-state index is 6.85. The summed E-state index contributed by atoms with van der Waals surface area (Å²) in [6.07, 6.45) is 3.81. The highest BCUT2D eigenvalue weighted by Crippen LogP contribution is 2.40. The minimum absolute atomic E-state index is 0.158. The molecule has 0 unspecified atom stereocenters. The Kier molecular flexibility index (Phi) is 7.05. The first-order valence-corrected chi connectivity index (χ1v) is 17.9. The van der Waals surface area contributed by atoms with Crippen LogP contribution in [0.2, 0.25) is 0 Å². The Labute approximate surface area is 307 Å². The van der Waals surface area contributed by atoms with E-state index in [0.717, 1.165) is 78.4 Å². The molecule has 5 heterocycles. The summed E-state index contributed by atoms with van der Waals surface area (Å²) in [6, 6.07) is 41.5. The monoisotopic (exact) mass is 687 g/mol. The molecule has 0 bridgehead atoms. The molecule has 5 aromatic carbocycles. The molecule has 254 valence electrons. The Bertz CT molecular complexity index is 2900. The molecule has 0 radical (unpaired) electrons. The average Bonchev–Trinajstić information content (AvgIpc) is 3.71. The van der Waals surface area contributed by atoms with Crippen LogP contribution in [0.25, 0.3) is 49.9 Å². The molecule has 0 amide bonds. The van der Waals surface area contributed by atoms with E-state index in [4.69, 9.17) is 23.9 Å². The minimum atomic E-state index is -0.158. The Balaban J connectivity index is 1.08. The van der Waals surface area contributed by atoms with Gasteiger partial charge in [0.15, 0.2) is 5.75 Å². The molecule has 0 fully saturated rings. The third-order valence-corrected chi connectivity index (χ3v) is 10.7. The lowest BCUT2D eigenvalue weighted by atomic mass is 9.36. The van der Waals surface area contributed by atoms with Gasteiger partial charge in [-0.3, -0.25) is 9.55 Å². The highest BCUT2D eigenvalue weighted by Gasteiger charge is 2.40. The Morgan fingerprint density at radius 3 is 2.21 bits per heavy atom. The first-order chi connectivity index (χ1) is 25.9. The second-order valence-corrected chi connectivity index (χ2v) is 14.0. The van der Waals surface area contributed by atoms with Crippen molar-refractivity contribution in [2.75, 3.05) is 0 Å². The zero-order chi connectivity index (χ0) is 35.8. The van der Waals surface area contributed by atoms with Crippen LogP contribution in [-0.2, 0) is 0 Å². The van der Waals surface area contributed by atoms with Gasteiger partial charge in [0.2, 0.25) is 0 Å². The molecule has 0 saturated heterocycles. The molecular formula is C46H34BN3O3. The second kappa shape index (κ2) is 12.0. The van der Waals surface area contributed by atoms with Crippen LogP contribution >= 0.6 is 0 Å². The molecule has 1 aliphatic heterocycles. The molecule has 0 atom stereocenters. The van der Waals surface area contributed by atoms with Gasteiger partial charge in [0.1, 0.15) is 40.0 Å². The van der Waals surface area contributed by atoms with Gasteiger partial charge in [-0.2, -0.15) is 0 Å². The predicted octanol–water partition coefficient (Wildman–Crippen LogP) is 9.63. The molecule has 53 heavy (non-hydrogen) atoms. The smallest absolute Gasteiger partial charge is 0.297 e. The molecule has 0 spiro atoms. The van der Waals surface area contributed by atoms with E-state index in [1.54, 1.807) is 0 Å². The summed E-state index contributed by atoms with van der Waals surface area (Å²) in [5, 5.41) is 3.26. The van der Waals surface area contributed by atoms with Crippen LogP contribution in [0.15, 0.2) is 138 Å². The summed E-state index contributed by atoms with van der Waals surface area (Å²) in [5.74, 6) is 3.77. The molecule has 6 nitrogen and oxygen atoms in total. The molecule has 0 saturated carbocycles. The van der Waals surface area contributed by atoms with Crippen molar-refractivity contribution >= 4 is 56.1 Å². The number of para-hydroxylation sites is 2. The molecule has 1 aliphatic rings. The second-order valence-electron chi connectivity index (χ2n) is 14.0. The third-order valence-electron chi connectivity index (χ3n) is 10.7. The number of benzene rings is 5. The average molecular weight is 688 g/mol. The number of rotatable bonds is 5. The van der Waals surface area contributed by atoms with Gasteiger partial charge in [-0.1, -0.05) is 77.3 Å². The van der Waals surface area contributed by atoms with Crippen LogP contribution in [0.1, 0.15) is 22.3 Å². The van der Waals surface area contributed by atoms with E-state index < -0.39 is 0 Å². The van der Waals surface area contributed by atoms with E-state index in [-0.39, 0.29) is 6.71 Å². The fourth-order valence-corrected chi connectivity index (χ4v) is 7.99. The molecule has 0 aliphatic carbocycles. The Morgan fingerprint density at radius 2 is 1.36 bits per heavy atom. The number of hydrogen-bond donors (Lipinski definition) is 0. The Morgan fingerprint density at radius 1 is 0.604 bits per heavy atom. The minimum Gasteiger partial charge on any atom is -0.466 e. The van der Waals surface area contributed by atoms with Crippen molar-refractivity contribution in [2.45, 2.75) is 27.7 Å². The van der Waals surface area contributed by atoms with Crippen LogP contribution in [0.3, 0.4) is 0 Å². The maximum atomic E-state index is 6.85. The topological polar surface area (TPSA) is 62.3 Å². The standard InChI is InChI=1S/C46H34BN3O3/c1-27-11-9-12-28(2)42(27)47-37-21-22-48-43(45(37)53-44-36-16-6-8-18-40(36)52-46(44)47)31-13-10-14-32(24-31)51-33-19-20-35-34-15-5-7-17-38(34)50(39(35)25-33)41-23-29(3)30(4)26-49-41/h5-26H,1-4H3. The third kappa shape index (κ3) is 4.95. The van der Waals surface area contributed by atoms with Crippen LogP contribution in [0.4, 0.5) is 0 Å². The van der Waals surface area contributed by atoms with Gasteiger partial charge in [0.05, 0.1) is 16.4 Å². The van der Waals surface area contributed by atoms with Crippen molar-refractivity contribution in [3.63, 3.8) is 0 Å². The molecule has 7 heteroatoms. The van der Waals surface area contributed by atoms with Crippen LogP contribution in [0.5, 0.6) is 23.0 Å². The molecule has 9 aromatic rings. The number of nitrogens with zero attached hydrogens (tertiary/aromatic N) is 3. The summed E-state index contributed by atoms with van der Waals surface area (Å²) < 4.78 is 22.3. The zero-order valence-corrected chi connectivity index (χ0v) is 29.8. The van der Waals surface area contributed by atoms with Crippen LogP contribution in [0, 0.1) is 27.7 Å². The summed E-state index contributed by atoms with van der Waals surface area (Å²) in [4.78, 5) is 9.76. The number of furan rings is 1. The molecule has 4 aromatic heterocycles. The lowest BCUT2D eigenvalue weighted by Crippen LogP contribution is -2.56. The maximum Gasteiger partial charge on any atom is 0.297 e. The number of aromatic nitrogens is 3. The van der Waals surface area contributed by atoms with Gasteiger partial charge < -0.3 is 13.9 Å². The van der Waals surface area contributed by atoms with Crippen molar-refractivity contribution in [1.29, 1.82) is 0 Å². The van der Waals surface area contributed by atoms with Crippen molar-refractivity contribution < 1.29 is 13.9 Å². The first-order valence-electron chi connectivity index (χ1n) is 17.9. The van der Waals surface area contributed by atoms with Gasteiger partial charge in [-0.15, -0.1) is 0 Å². The van der Waals surface area contributed by atoms with Crippen LogP contribution < -0.4 is 26.1 Å². The van der Waals surface area contributed by atoms with Gasteiger partial charge in [-0.25, -0.2) is 4.98 Å². The first kappa shape index (κ1) is 31.2. The predicted molar refractivity (Wildman–Crippen MR) is 215 cm³/mol. The molecule has 10 rings (SSSR count). The fraction of sp³-hybridized carbons (Fsp3) is 0.0870. The summed E-state index contributed by atoms with van der Waals surface area (Å²) >= 11 is 0. The highest BCUT2D eigenvalue weighted by molar-refractivity contribution is 6.97. The van der Waals surface area contributed by atoms with E-state index in [1.165, 1.54) is 27.5 Å². The summed E-state index contributed by atoms with van der Waals surface area (Å²) in [6.45, 7) is 8.38. The lowest BCUT2D eigenvalue weighted by molar-refractivity contribution is 0.480. The number of hydrogen-bond acceptors (Lipinski definition) is 5. The summed E-state index contributed by atoms with van der Waals surface area (Å²) in [7, 11) is 0. The number of aryl methyl sites for hydroxylation is 4. The summed E-state index contributed by atoms with van der Waals surface area (Å²) in [5.41, 5.74) is 12.4. The largest absolute Gasteiger partial charge is 0.466 e. The lowest BCUT2D eigenvalue weighted by Gasteiger charge is -2.26. The number of pyridine rings is 2. The van der Waals surface area contributed by atoms with E-state index in [1.807, 2.05) is 54.9 Å². The Hall–Kier alpha value is -6.60. The van der Waals surface area contributed by atoms with Crippen molar-refractivity contribution in [3.05, 3.63) is 156 Å². The molecular weight excluding hydrogens is 653 g/mol. The fourth-order valence-electron chi connectivity index (χ4n) is 7.99. The number of ether oxygens (including phenoxy) is 2. The molecule has 0 N–H and O–H groups in total. The van der Waals surface area contributed by atoms with Gasteiger partial charge in [-0.05, 0) is 98.9 Å². The van der Waals surface area contributed by atoms with E-state index >= 15 is 0 Å². The SMILES string of the molecule is Cc1cnc(-n2c3ccccc3c3ccc(Oc4cccc(-c5nccc6c5Oc5c(oc7ccccc57)B6c5c(C)cccc5C)c4)cc32)cc1C. The van der Waals surface area contributed by atoms with Crippen molar-refractivity contribution in [3.8, 4) is 40.1 Å². The van der Waals surface area contributed by atoms with E-state index in [0.29, 0.717) is 5.75 Å². The number of fused-ring (bicyclic) bond motifs is 7. The van der Waals surface area contributed by atoms with Gasteiger partial charge in [0.25, 0.3) is 6.71 Å². The highest BCUT2D eigenvalue weighted by atomic mass is 16.5.